The molecule has 0 radical (unpaired) electrons. The van der Waals surface area contributed by atoms with Crippen LogP contribution in [0.25, 0.3) is 45.1 Å². The zero-order valence-electron chi connectivity index (χ0n) is 16.9. The summed E-state index contributed by atoms with van der Waals surface area (Å²) in [6, 6.07) is 13.7. The smallest absolute Gasteiger partial charge is 0.420 e. The first kappa shape index (κ1) is 21.3. The molecule has 0 aliphatic heterocycles. The second-order valence-corrected chi connectivity index (χ2v) is 8.27. The van der Waals surface area contributed by atoms with E-state index in [0.29, 0.717) is 28.1 Å². The van der Waals surface area contributed by atoms with E-state index in [-0.39, 0.29) is 21.5 Å². The van der Waals surface area contributed by atoms with Gasteiger partial charge < -0.3 is 8.98 Å². The molecule has 5 rings (SSSR count). The third kappa shape index (κ3) is 3.91. The molecule has 0 atom stereocenters. The number of nitrogens with zero attached hydrogens (tertiary/aromatic N) is 4. The van der Waals surface area contributed by atoms with Crippen molar-refractivity contribution in [2.75, 3.05) is 0 Å². The molecule has 2 aromatic heterocycles. The lowest BCUT2D eigenvalue weighted by Gasteiger charge is -2.10. The molecule has 0 N–H and O–H groups in total. The molecule has 10 heteroatoms. The summed E-state index contributed by atoms with van der Waals surface area (Å²) in [5.41, 5.74) is 1.18. The van der Waals surface area contributed by atoms with Gasteiger partial charge in [0.1, 0.15) is 23.2 Å². The summed E-state index contributed by atoms with van der Waals surface area (Å²) in [7, 11) is 1.75. The Balaban J connectivity index is 1.65. The fraction of sp³-hybridized carbons (Fsp3) is 0.0870. The molecular formula is C23H13BrF4N4O. The summed E-state index contributed by atoms with van der Waals surface area (Å²) in [5.74, 6) is 0.0753. The maximum atomic E-state index is 14.0. The predicted octanol–water partition coefficient (Wildman–Crippen LogP) is 6.88. The van der Waals surface area contributed by atoms with Gasteiger partial charge in [0.05, 0.1) is 0 Å². The van der Waals surface area contributed by atoms with Gasteiger partial charge in [-0.2, -0.15) is 13.2 Å². The van der Waals surface area contributed by atoms with E-state index >= 15 is 0 Å². The molecule has 0 spiro atoms. The molecular weight excluding hydrogens is 504 g/mol. The van der Waals surface area contributed by atoms with Crippen LogP contribution in [0.3, 0.4) is 0 Å². The summed E-state index contributed by atoms with van der Waals surface area (Å²) in [6.07, 6.45) is -3.09. The molecule has 0 saturated carbocycles. The summed E-state index contributed by atoms with van der Waals surface area (Å²) in [4.78, 5) is 4.27. The molecule has 0 amide bonds. The van der Waals surface area contributed by atoms with Crippen molar-refractivity contribution < 1.29 is 22.0 Å². The average molecular weight is 517 g/mol. The van der Waals surface area contributed by atoms with Crippen LogP contribution < -0.4 is 0 Å². The van der Waals surface area contributed by atoms with Crippen LogP contribution >= 0.6 is 15.9 Å². The third-order valence-electron chi connectivity index (χ3n) is 5.11. The fourth-order valence-electron chi connectivity index (χ4n) is 3.63. The lowest BCUT2D eigenvalue weighted by atomic mass is 9.97. The molecule has 33 heavy (non-hydrogen) atoms. The summed E-state index contributed by atoms with van der Waals surface area (Å²) < 4.78 is 62.0. The van der Waals surface area contributed by atoms with Gasteiger partial charge in [0.25, 0.3) is 0 Å². The van der Waals surface area contributed by atoms with Crippen LogP contribution in [0.15, 0.2) is 69.8 Å². The number of rotatable bonds is 3. The number of hydrogen-bond donors (Lipinski definition) is 0. The quantitative estimate of drug-likeness (QED) is 0.245. The van der Waals surface area contributed by atoms with E-state index in [1.165, 1.54) is 24.5 Å². The molecule has 5 aromatic rings. The maximum Gasteiger partial charge on any atom is 0.420 e. The van der Waals surface area contributed by atoms with E-state index in [9.17, 15) is 17.6 Å². The molecule has 0 fully saturated rings. The van der Waals surface area contributed by atoms with Crippen molar-refractivity contribution in [2.24, 2.45) is 7.05 Å². The first-order valence-corrected chi connectivity index (χ1v) is 10.4. The Labute approximate surface area is 192 Å². The van der Waals surface area contributed by atoms with Gasteiger partial charge >= 0.3 is 6.18 Å². The molecule has 0 aliphatic carbocycles. The van der Waals surface area contributed by atoms with E-state index in [2.05, 4.69) is 31.1 Å². The number of hydrogen-bond acceptors (Lipinski definition) is 4. The Kier molecular flexibility index (Phi) is 5.04. The van der Waals surface area contributed by atoms with E-state index < -0.39 is 17.6 Å². The number of aromatic nitrogens is 4. The van der Waals surface area contributed by atoms with Gasteiger partial charge in [-0.15, -0.1) is 10.2 Å². The third-order valence-corrected chi connectivity index (χ3v) is 5.57. The van der Waals surface area contributed by atoms with Crippen molar-refractivity contribution in [1.82, 2.24) is 19.7 Å². The van der Waals surface area contributed by atoms with Crippen LogP contribution in [-0.4, -0.2) is 19.7 Å². The first-order chi connectivity index (χ1) is 15.7. The zero-order chi connectivity index (χ0) is 23.3. The molecule has 0 aliphatic rings. The van der Waals surface area contributed by atoms with Gasteiger partial charge in [-0.1, -0.05) is 34.1 Å². The molecule has 0 saturated heterocycles. The minimum absolute atomic E-state index is 0.0396. The topological polar surface area (TPSA) is 56.7 Å². The Morgan fingerprint density at radius 2 is 1.76 bits per heavy atom. The SMILES string of the molecule is Cn1cnnc1-c1cc(F)ccc1-c1cccc(-c2nc3cc(Br)cc(C(F)(F)F)c3o2)c1. The van der Waals surface area contributed by atoms with Crippen LogP contribution in [0.1, 0.15) is 5.56 Å². The highest BCUT2D eigenvalue weighted by molar-refractivity contribution is 9.10. The Morgan fingerprint density at radius 1 is 0.970 bits per heavy atom. The number of halogens is 5. The number of oxazole rings is 1. The van der Waals surface area contributed by atoms with Gasteiger partial charge in [-0.05, 0) is 47.5 Å². The highest BCUT2D eigenvalue weighted by atomic mass is 79.9. The number of alkyl halides is 3. The largest absolute Gasteiger partial charge is 0.435 e. The molecule has 2 heterocycles. The van der Waals surface area contributed by atoms with Gasteiger partial charge in [-0.25, -0.2) is 9.37 Å². The molecule has 3 aromatic carbocycles. The first-order valence-electron chi connectivity index (χ1n) is 9.63. The van der Waals surface area contributed by atoms with Gasteiger partial charge in [0.15, 0.2) is 11.4 Å². The summed E-state index contributed by atoms with van der Waals surface area (Å²) in [5, 5.41) is 7.92. The van der Waals surface area contributed by atoms with E-state index in [1.54, 1.807) is 41.9 Å². The average Bonchev–Trinajstić information content (AvgIpc) is 3.38. The van der Waals surface area contributed by atoms with Crippen molar-refractivity contribution in [2.45, 2.75) is 6.18 Å². The molecule has 0 unspecified atom stereocenters. The van der Waals surface area contributed by atoms with Gasteiger partial charge in [0, 0.05) is 22.6 Å². The minimum atomic E-state index is -4.60. The summed E-state index contributed by atoms with van der Waals surface area (Å²) in [6.45, 7) is 0. The summed E-state index contributed by atoms with van der Waals surface area (Å²) >= 11 is 3.10. The van der Waals surface area contributed by atoms with E-state index in [0.717, 1.165) is 6.07 Å². The molecule has 0 bridgehead atoms. The van der Waals surface area contributed by atoms with Crippen LogP contribution in [0.5, 0.6) is 0 Å². The Hall–Kier alpha value is -3.53. The fourth-order valence-corrected chi connectivity index (χ4v) is 4.08. The highest BCUT2D eigenvalue weighted by Gasteiger charge is 2.35. The van der Waals surface area contributed by atoms with Crippen LogP contribution in [-0.2, 0) is 13.2 Å². The number of benzene rings is 3. The van der Waals surface area contributed by atoms with Crippen molar-refractivity contribution in [3.8, 4) is 34.0 Å². The van der Waals surface area contributed by atoms with E-state index in [1.807, 2.05) is 0 Å². The van der Waals surface area contributed by atoms with E-state index in [4.69, 9.17) is 4.42 Å². The Morgan fingerprint density at radius 3 is 2.48 bits per heavy atom. The number of aryl methyl sites for hydroxylation is 1. The van der Waals surface area contributed by atoms with Crippen LogP contribution in [0.2, 0.25) is 0 Å². The standard InChI is InChI=1S/C23H13BrF4N4O/c1-32-11-29-31-21(32)17-10-15(25)5-6-16(17)12-3-2-4-13(7-12)22-30-19-9-14(24)8-18(20(19)33-22)23(26,27)28/h2-11H,1H3. The van der Waals surface area contributed by atoms with Gasteiger partial charge in [-0.3, -0.25) is 0 Å². The van der Waals surface area contributed by atoms with Gasteiger partial charge in [0.2, 0.25) is 5.89 Å². The van der Waals surface area contributed by atoms with Crippen molar-refractivity contribution in [3.63, 3.8) is 0 Å². The second kappa shape index (κ2) is 7.80. The van der Waals surface area contributed by atoms with Crippen LogP contribution in [0.4, 0.5) is 17.6 Å². The molecule has 166 valence electrons. The normalized spacial score (nSPS) is 11.9. The predicted molar refractivity (Wildman–Crippen MR) is 118 cm³/mol. The molecule has 5 nitrogen and oxygen atoms in total. The van der Waals surface area contributed by atoms with Crippen LogP contribution in [0, 0.1) is 5.82 Å². The minimum Gasteiger partial charge on any atom is -0.435 e. The second-order valence-electron chi connectivity index (χ2n) is 7.35. The highest BCUT2D eigenvalue weighted by Crippen LogP contribution is 2.39. The van der Waals surface area contributed by atoms with Crippen molar-refractivity contribution >= 4 is 27.0 Å². The lowest BCUT2D eigenvalue weighted by Crippen LogP contribution is -2.05. The van der Waals surface area contributed by atoms with Crippen molar-refractivity contribution in [1.29, 1.82) is 0 Å². The Bertz CT molecular complexity index is 1510. The zero-order valence-corrected chi connectivity index (χ0v) is 18.4. The number of fused-ring (bicyclic) bond motifs is 1. The maximum absolute atomic E-state index is 14.0. The van der Waals surface area contributed by atoms with Crippen molar-refractivity contribution in [3.05, 3.63) is 76.8 Å². The monoisotopic (exact) mass is 516 g/mol. The lowest BCUT2D eigenvalue weighted by molar-refractivity contribution is -0.136.